The molecule has 2 N–H and O–H groups in total. The lowest BCUT2D eigenvalue weighted by Gasteiger charge is -2.20. The van der Waals surface area contributed by atoms with Gasteiger partial charge in [0.2, 0.25) is 15.9 Å². The van der Waals surface area contributed by atoms with Crippen LogP contribution < -0.4 is 10.0 Å². The molecule has 3 rings (SSSR count). The molecule has 1 atom stereocenters. The molecule has 0 fully saturated rings. The molecule has 0 saturated carbocycles. The van der Waals surface area contributed by atoms with E-state index in [-0.39, 0.29) is 17.2 Å². The number of benzene rings is 3. The normalized spacial score (nSPS) is 12.3. The number of hydrogen-bond donors (Lipinski definition) is 2. The summed E-state index contributed by atoms with van der Waals surface area (Å²) in [4.78, 5) is 13.3. The molecule has 0 bridgehead atoms. The van der Waals surface area contributed by atoms with Gasteiger partial charge in [0.15, 0.2) is 0 Å². The van der Waals surface area contributed by atoms with Crippen LogP contribution in [0.25, 0.3) is 0 Å². The van der Waals surface area contributed by atoms with Crippen molar-refractivity contribution >= 4 is 15.9 Å². The lowest BCUT2D eigenvalue weighted by Crippen LogP contribution is -2.48. The maximum Gasteiger partial charge on any atom is 0.241 e. The van der Waals surface area contributed by atoms with Crippen molar-refractivity contribution in [3.05, 3.63) is 101 Å². The molecular weight excluding hydrogens is 420 g/mol. The SMILES string of the molecule is Cc1cc(C)c(S(=O)(=O)N[C@@H](Cc2ccccc2)C(=O)NCCc2ccccc2)c(C)c1. The number of aryl methyl sites for hydroxylation is 3. The fourth-order valence-electron chi connectivity index (χ4n) is 3.97. The van der Waals surface area contributed by atoms with Gasteiger partial charge in [0.05, 0.1) is 4.90 Å². The van der Waals surface area contributed by atoms with Gasteiger partial charge in [-0.1, -0.05) is 78.4 Å². The van der Waals surface area contributed by atoms with Crippen molar-refractivity contribution in [2.75, 3.05) is 6.54 Å². The highest BCUT2D eigenvalue weighted by atomic mass is 32.2. The van der Waals surface area contributed by atoms with Gasteiger partial charge < -0.3 is 5.32 Å². The number of sulfonamides is 1. The van der Waals surface area contributed by atoms with E-state index in [1.54, 1.807) is 13.8 Å². The summed E-state index contributed by atoms with van der Waals surface area (Å²) in [7, 11) is -3.89. The molecule has 0 saturated heterocycles. The third-order valence-corrected chi connectivity index (χ3v) is 7.10. The molecule has 0 unspecified atom stereocenters. The number of nitrogens with one attached hydrogen (secondary N) is 2. The molecule has 0 aromatic heterocycles. The van der Waals surface area contributed by atoms with E-state index in [9.17, 15) is 13.2 Å². The first-order valence-electron chi connectivity index (χ1n) is 10.7. The summed E-state index contributed by atoms with van der Waals surface area (Å²) in [6, 6.07) is 22.0. The molecule has 0 aliphatic rings. The average molecular weight is 451 g/mol. The molecule has 0 aliphatic carbocycles. The molecule has 32 heavy (non-hydrogen) atoms. The van der Waals surface area contributed by atoms with Gasteiger partial charge in [-0.3, -0.25) is 4.79 Å². The largest absolute Gasteiger partial charge is 0.354 e. The van der Waals surface area contributed by atoms with Gasteiger partial charge in [-0.05, 0) is 55.9 Å². The van der Waals surface area contributed by atoms with Crippen LogP contribution >= 0.6 is 0 Å². The maximum absolute atomic E-state index is 13.3. The van der Waals surface area contributed by atoms with Gasteiger partial charge in [0.1, 0.15) is 6.04 Å². The second kappa shape index (κ2) is 10.6. The second-order valence-corrected chi connectivity index (χ2v) is 9.77. The molecule has 3 aromatic rings. The Labute approximate surface area is 190 Å². The summed E-state index contributed by atoms with van der Waals surface area (Å²) in [6.07, 6.45) is 0.939. The van der Waals surface area contributed by atoms with E-state index in [1.165, 1.54) is 0 Å². The first-order valence-corrected chi connectivity index (χ1v) is 12.2. The zero-order valence-corrected chi connectivity index (χ0v) is 19.6. The number of rotatable bonds is 9. The lowest BCUT2D eigenvalue weighted by atomic mass is 10.1. The highest BCUT2D eigenvalue weighted by Gasteiger charge is 2.28. The Balaban J connectivity index is 1.80. The summed E-state index contributed by atoms with van der Waals surface area (Å²) in [6.45, 7) is 5.92. The van der Waals surface area contributed by atoms with E-state index >= 15 is 0 Å². The lowest BCUT2D eigenvalue weighted by molar-refractivity contribution is -0.122. The van der Waals surface area contributed by atoms with Crippen LogP contribution in [0.3, 0.4) is 0 Å². The Hall–Kier alpha value is -2.96. The highest BCUT2D eigenvalue weighted by molar-refractivity contribution is 7.89. The second-order valence-electron chi connectivity index (χ2n) is 8.12. The molecule has 0 heterocycles. The standard InChI is InChI=1S/C26H30N2O3S/c1-19-16-20(2)25(21(3)17-19)32(30,31)28-24(18-23-12-8-5-9-13-23)26(29)27-15-14-22-10-6-4-7-11-22/h4-13,16-17,24,28H,14-15,18H2,1-3H3,(H,27,29)/t24-/m0/s1. The first kappa shape index (κ1) is 23.7. The van der Waals surface area contributed by atoms with Crippen LogP contribution in [0.1, 0.15) is 27.8 Å². The van der Waals surface area contributed by atoms with Gasteiger partial charge >= 0.3 is 0 Å². The number of carbonyl (C=O) groups excluding carboxylic acids is 1. The fraction of sp³-hybridized carbons (Fsp3) is 0.269. The predicted octanol–water partition coefficient (Wildman–Crippen LogP) is 3.86. The van der Waals surface area contributed by atoms with E-state index in [1.807, 2.05) is 79.7 Å². The zero-order valence-electron chi connectivity index (χ0n) is 18.8. The summed E-state index contributed by atoms with van der Waals surface area (Å²) < 4.78 is 29.3. The van der Waals surface area contributed by atoms with Crippen LogP contribution in [-0.2, 0) is 27.7 Å². The molecule has 3 aromatic carbocycles. The van der Waals surface area contributed by atoms with Crippen LogP contribution in [0.15, 0.2) is 77.7 Å². The van der Waals surface area contributed by atoms with Gasteiger partial charge in [0.25, 0.3) is 0 Å². The number of amides is 1. The molecule has 6 heteroatoms. The topological polar surface area (TPSA) is 75.3 Å². The minimum Gasteiger partial charge on any atom is -0.354 e. The highest BCUT2D eigenvalue weighted by Crippen LogP contribution is 2.22. The molecule has 1 amide bonds. The van der Waals surface area contributed by atoms with Crippen LogP contribution in [0.4, 0.5) is 0 Å². The van der Waals surface area contributed by atoms with Gasteiger partial charge in [0, 0.05) is 6.54 Å². The predicted molar refractivity (Wildman–Crippen MR) is 128 cm³/mol. The van der Waals surface area contributed by atoms with E-state index in [2.05, 4.69) is 10.0 Å². The third-order valence-electron chi connectivity index (χ3n) is 5.33. The molecular formula is C26H30N2O3S. The summed E-state index contributed by atoms with van der Waals surface area (Å²) >= 11 is 0. The Kier molecular flexibility index (Phi) is 7.83. The smallest absolute Gasteiger partial charge is 0.241 e. The van der Waals surface area contributed by atoms with Crippen LogP contribution in [0.5, 0.6) is 0 Å². The van der Waals surface area contributed by atoms with Gasteiger partial charge in [-0.2, -0.15) is 4.72 Å². The molecule has 0 aliphatic heterocycles. The zero-order chi connectivity index (χ0) is 23.1. The molecule has 0 radical (unpaired) electrons. The van der Waals surface area contributed by atoms with E-state index in [0.717, 1.165) is 16.7 Å². The van der Waals surface area contributed by atoms with Crippen molar-refractivity contribution in [2.24, 2.45) is 0 Å². The van der Waals surface area contributed by atoms with Gasteiger partial charge in [-0.25, -0.2) is 8.42 Å². The first-order chi connectivity index (χ1) is 15.3. The van der Waals surface area contributed by atoms with E-state index in [4.69, 9.17) is 0 Å². The van der Waals surface area contributed by atoms with Crippen molar-refractivity contribution < 1.29 is 13.2 Å². The van der Waals surface area contributed by atoms with Gasteiger partial charge in [-0.15, -0.1) is 0 Å². The molecule has 5 nitrogen and oxygen atoms in total. The van der Waals surface area contributed by atoms with Crippen LogP contribution in [-0.4, -0.2) is 26.9 Å². The summed E-state index contributed by atoms with van der Waals surface area (Å²) in [5.41, 5.74) is 4.32. The van der Waals surface area contributed by atoms with Crippen molar-refractivity contribution in [2.45, 2.75) is 44.6 Å². The molecule has 168 valence electrons. The van der Waals surface area contributed by atoms with Crippen molar-refractivity contribution in [1.29, 1.82) is 0 Å². The Bertz CT molecular complexity index is 1140. The van der Waals surface area contributed by atoms with Crippen molar-refractivity contribution in [1.82, 2.24) is 10.0 Å². The summed E-state index contributed by atoms with van der Waals surface area (Å²) in [5, 5.41) is 2.90. The monoisotopic (exact) mass is 450 g/mol. The minimum atomic E-state index is -3.89. The minimum absolute atomic E-state index is 0.234. The maximum atomic E-state index is 13.3. The Morgan fingerprint density at radius 3 is 1.94 bits per heavy atom. The van der Waals surface area contributed by atoms with E-state index in [0.29, 0.717) is 24.1 Å². The van der Waals surface area contributed by atoms with Crippen LogP contribution in [0, 0.1) is 20.8 Å². The third kappa shape index (κ3) is 6.28. The fourth-order valence-corrected chi connectivity index (χ4v) is 5.62. The number of hydrogen-bond acceptors (Lipinski definition) is 3. The Morgan fingerprint density at radius 1 is 0.844 bits per heavy atom. The average Bonchev–Trinajstić information content (AvgIpc) is 2.73. The molecule has 0 spiro atoms. The van der Waals surface area contributed by atoms with E-state index < -0.39 is 16.1 Å². The quantitative estimate of drug-likeness (QED) is 0.520. The number of carbonyl (C=O) groups is 1. The Morgan fingerprint density at radius 2 is 1.38 bits per heavy atom. The van der Waals surface area contributed by atoms with Crippen molar-refractivity contribution in [3.63, 3.8) is 0 Å². The van der Waals surface area contributed by atoms with Crippen LogP contribution in [0.2, 0.25) is 0 Å². The van der Waals surface area contributed by atoms with Crippen molar-refractivity contribution in [3.8, 4) is 0 Å². The summed E-state index contributed by atoms with van der Waals surface area (Å²) in [5.74, 6) is -0.337.